The fourth-order valence-electron chi connectivity index (χ4n) is 1.98. The van der Waals surface area contributed by atoms with Gasteiger partial charge in [0.05, 0.1) is 0 Å². The average molecular weight is 262 g/mol. The summed E-state index contributed by atoms with van der Waals surface area (Å²) in [7, 11) is 0. The van der Waals surface area contributed by atoms with E-state index in [9.17, 15) is 9.59 Å². The molecule has 0 bridgehead atoms. The van der Waals surface area contributed by atoms with Gasteiger partial charge in [0, 0.05) is 31.0 Å². The third-order valence-corrected chi connectivity index (χ3v) is 3.40. The van der Waals surface area contributed by atoms with E-state index in [1.54, 1.807) is 0 Å². The van der Waals surface area contributed by atoms with Crippen LogP contribution in [0.15, 0.2) is 10.9 Å². The first-order valence-corrected chi connectivity index (χ1v) is 6.85. The SMILES string of the molecule is O=C(NCCNc1cc(=O)[nH]c(C2CC2)n1)C1CC1. The van der Waals surface area contributed by atoms with Gasteiger partial charge in [0.25, 0.3) is 5.56 Å². The molecule has 1 heterocycles. The third kappa shape index (κ3) is 3.33. The van der Waals surface area contributed by atoms with Gasteiger partial charge in [-0.2, -0.15) is 0 Å². The van der Waals surface area contributed by atoms with Gasteiger partial charge in [-0.25, -0.2) is 4.98 Å². The molecule has 0 unspecified atom stereocenters. The highest BCUT2D eigenvalue weighted by molar-refractivity contribution is 5.80. The Kier molecular flexibility index (Phi) is 3.23. The maximum atomic E-state index is 11.5. The Morgan fingerprint density at radius 3 is 2.79 bits per heavy atom. The molecule has 102 valence electrons. The maximum absolute atomic E-state index is 11.5. The van der Waals surface area contributed by atoms with E-state index < -0.39 is 0 Å². The van der Waals surface area contributed by atoms with Crippen LogP contribution in [0.1, 0.15) is 37.4 Å². The molecule has 1 amide bonds. The predicted molar refractivity (Wildman–Crippen MR) is 71.1 cm³/mol. The Morgan fingerprint density at radius 1 is 1.32 bits per heavy atom. The van der Waals surface area contributed by atoms with Gasteiger partial charge < -0.3 is 15.6 Å². The van der Waals surface area contributed by atoms with Gasteiger partial charge >= 0.3 is 0 Å². The number of nitrogens with one attached hydrogen (secondary N) is 3. The first kappa shape index (κ1) is 12.2. The van der Waals surface area contributed by atoms with Crippen molar-refractivity contribution in [2.75, 3.05) is 18.4 Å². The Hall–Kier alpha value is -1.85. The molecule has 3 rings (SSSR count). The lowest BCUT2D eigenvalue weighted by atomic mass is 10.4. The quantitative estimate of drug-likeness (QED) is 0.655. The van der Waals surface area contributed by atoms with Crippen molar-refractivity contribution in [3.63, 3.8) is 0 Å². The molecule has 1 aromatic rings. The Bertz CT molecular complexity index is 532. The molecule has 0 radical (unpaired) electrons. The smallest absolute Gasteiger partial charge is 0.252 e. The fraction of sp³-hybridized carbons (Fsp3) is 0.615. The van der Waals surface area contributed by atoms with Crippen molar-refractivity contribution < 1.29 is 4.79 Å². The second-order valence-corrected chi connectivity index (χ2v) is 5.28. The largest absolute Gasteiger partial charge is 0.368 e. The summed E-state index contributed by atoms with van der Waals surface area (Å²) >= 11 is 0. The summed E-state index contributed by atoms with van der Waals surface area (Å²) in [5.74, 6) is 2.16. The van der Waals surface area contributed by atoms with Crippen molar-refractivity contribution in [2.45, 2.75) is 31.6 Å². The number of rotatable bonds is 6. The van der Waals surface area contributed by atoms with Gasteiger partial charge in [0.2, 0.25) is 5.91 Å². The van der Waals surface area contributed by atoms with E-state index in [1.165, 1.54) is 6.07 Å². The van der Waals surface area contributed by atoms with Gasteiger partial charge in [-0.3, -0.25) is 9.59 Å². The Labute approximate surface area is 111 Å². The molecular formula is C13H18N4O2. The Morgan fingerprint density at radius 2 is 2.11 bits per heavy atom. The molecule has 2 fully saturated rings. The number of carbonyl (C=O) groups excluding carboxylic acids is 1. The van der Waals surface area contributed by atoms with Crippen LogP contribution in [-0.2, 0) is 4.79 Å². The second kappa shape index (κ2) is 5.03. The highest BCUT2D eigenvalue weighted by atomic mass is 16.2. The molecule has 0 atom stereocenters. The van der Waals surface area contributed by atoms with E-state index in [0.717, 1.165) is 31.5 Å². The minimum absolute atomic E-state index is 0.124. The summed E-state index contributed by atoms with van der Waals surface area (Å²) < 4.78 is 0. The molecule has 6 heteroatoms. The molecule has 1 aromatic heterocycles. The van der Waals surface area contributed by atoms with Gasteiger partial charge in [0.15, 0.2) is 0 Å². The van der Waals surface area contributed by atoms with Crippen LogP contribution in [0.3, 0.4) is 0 Å². The summed E-state index contributed by atoms with van der Waals surface area (Å²) in [5, 5.41) is 5.94. The number of amides is 1. The normalized spacial score (nSPS) is 18.1. The number of carbonyl (C=O) groups is 1. The second-order valence-electron chi connectivity index (χ2n) is 5.28. The monoisotopic (exact) mass is 262 g/mol. The van der Waals surface area contributed by atoms with Crippen LogP contribution < -0.4 is 16.2 Å². The highest BCUT2D eigenvalue weighted by Crippen LogP contribution is 2.37. The first-order chi connectivity index (χ1) is 9.22. The lowest BCUT2D eigenvalue weighted by Gasteiger charge is -2.07. The number of hydrogen-bond acceptors (Lipinski definition) is 4. The number of aromatic nitrogens is 2. The average Bonchev–Trinajstić information content (AvgIpc) is 3.27. The van der Waals surface area contributed by atoms with E-state index in [2.05, 4.69) is 20.6 Å². The molecule has 2 saturated carbocycles. The lowest BCUT2D eigenvalue weighted by molar-refractivity contribution is -0.122. The van der Waals surface area contributed by atoms with Gasteiger partial charge in [-0.15, -0.1) is 0 Å². The van der Waals surface area contributed by atoms with E-state index in [4.69, 9.17) is 0 Å². The molecule has 0 aromatic carbocycles. The van der Waals surface area contributed by atoms with Gasteiger partial charge in [-0.05, 0) is 25.7 Å². The standard InChI is InChI=1S/C13H18N4O2/c18-11-7-10(16-12(17-11)8-1-2-8)14-5-6-15-13(19)9-3-4-9/h7-9H,1-6H2,(H,15,19)(H2,14,16,17,18). The Balaban J connectivity index is 1.48. The van der Waals surface area contributed by atoms with Gasteiger partial charge in [-0.1, -0.05) is 0 Å². The minimum Gasteiger partial charge on any atom is -0.368 e. The molecule has 0 aliphatic heterocycles. The molecule has 0 spiro atoms. The van der Waals surface area contributed by atoms with Crippen molar-refractivity contribution >= 4 is 11.7 Å². The van der Waals surface area contributed by atoms with Crippen LogP contribution in [0.5, 0.6) is 0 Å². The number of aromatic amines is 1. The number of H-pyrrole nitrogens is 1. The van der Waals surface area contributed by atoms with Crippen LogP contribution >= 0.6 is 0 Å². The van der Waals surface area contributed by atoms with Crippen molar-refractivity contribution in [3.05, 3.63) is 22.2 Å². The van der Waals surface area contributed by atoms with Gasteiger partial charge in [0.1, 0.15) is 11.6 Å². The van der Waals surface area contributed by atoms with Crippen LogP contribution in [0.4, 0.5) is 5.82 Å². The zero-order chi connectivity index (χ0) is 13.2. The minimum atomic E-state index is -0.124. The molecule has 2 aliphatic rings. The van der Waals surface area contributed by atoms with E-state index in [-0.39, 0.29) is 17.4 Å². The maximum Gasteiger partial charge on any atom is 0.252 e. The zero-order valence-electron chi connectivity index (χ0n) is 10.7. The third-order valence-electron chi connectivity index (χ3n) is 3.40. The fourth-order valence-corrected chi connectivity index (χ4v) is 1.98. The molecular weight excluding hydrogens is 244 g/mol. The van der Waals surface area contributed by atoms with Crippen LogP contribution in [0.2, 0.25) is 0 Å². The van der Waals surface area contributed by atoms with E-state index in [0.29, 0.717) is 24.8 Å². The van der Waals surface area contributed by atoms with Crippen molar-refractivity contribution in [3.8, 4) is 0 Å². The molecule has 0 saturated heterocycles. The predicted octanol–water partition coefficient (Wildman–Crippen LogP) is 0.585. The number of anilines is 1. The summed E-state index contributed by atoms with van der Waals surface area (Å²) in [4.78, 5) is 30.0. The summed E-state index contributed by atoms with van der Waals surface area (Å²) in [6.07, 6.45) is 4.23. The van der Waals surface area contributed by atoms with E-state index in [1.807, 2.05) is 0 Å². The molecule has 3 N–H and O–H groups in total. The molecule has 19 heavy (non-hydrogen) atoms. The summed E-state index contributed by atoms with van der Waals surface area (Å²) in [6, 6.07) is 1.45. The van der Waals surface area contributed by atoms with Crippen molar-refractivity contribution in [1.82, 2.24) is 15.3 Å². The summed E-state index contributed by atoms with van der Waals surface area (Å²) in [6.45, 7) is 1.14. The lowest BCUT2D eigenvalue weighted by Crippen LogP contribution is -2.30. The molecule has 2 aliphatic carbocycles. The zero-order valence-corrected chi connectivity index (χ0v) is 10.7. The molecule has 6 nitrogen and oxygen atoms in total. The van der Waals surface area contributed by atoms with Crippen LogP contribution in [0.25, 0.3) is 0 Å². The number of nitrogens with zero attached hydrogens (tertiary/aromatic N) is 1. The topological polar surface area (TPSA) is 86.9 Å². The van der Waals surface area contributed by atoms with Crippen molar-refractivity contribution in [1.29, 1.82) is 0 Å². The number of hydrogen-bond donors (Lipinski definition) is 3. The highest BCUT2D eigenvalue weighted by Gasteiger charge is 2.29. The first-order valence-electron chi connectivity index (χ1n) is 6.85. The van der Waals surface area contributed by atoms with Crippen LogP contribution in [-0.4, -0.2) is 29.0 Å². The van der Waals surface area contributed by atoms with Crippen LogP contribution in [0, 0.1) is 5.92 Å². The summed E-state index contributed by atoms with van der Waals surface area (Å²) in [5.41, 5.74) is -0.124. The van der Waals surface area contributed by atoms with E-state index >= 15 is 0 Å². The van der Waals surface area contributed by atoms with Crippen molar-refractivity contribution in [2.24, 2.45) is 5.92 Å².